The molecule has 0 radical (unpaired) electrons. The number of rotatable bonds is 5. The van der Waals surface area contributed by atoms with Crippen molar-refractivity contribution in [3.05, 3.63) is 30.3 Å². The van der Waals surface area contributed by atoms with Crippen molar-refractivity contribution in [2.24, 2.45) is 5.92 Å². The minimum absolute atomic E-state index is 0.543. The van der Waals surface area contributed by atoms with Crippen molar-refractivity contribution < 1.29 is 4.84 Å². The Bertz CT molecular complexity index is 304. The van der Waals surface area contributed by atoms with Gasteiger partial charge in [0.05, 0.1) is 7.11 Å². The van der Waals surface area contributed by atoms with Crippen LogP contribution in [0.15, 0.2) is 35.2 Å². The van der Waals surface area contributed by atoms with Gasteiger partial charge in [0.2, 0.25) is 0 Å². The van der Waals surface area contributed by atoms with E-state index in [1.807, 2.05) is 11.8 Å². The fourth-order valence-corrected chi connectivity index (χ4v) is 3.42. The summed E-state index contributed by atoms with van der Waals surface area (Å²) in [7, 11) is 1.71. The van der Waals surface area contributed by atoms with Crippen LogP contribution in [0, 0.1) is 5.92 Å². The lowest BCUT2D eigenvalue weighted by atomic mass is 10.1. The van der Waals surface area contributed by atoms with Gasteiger partial charge >= 0.3 is 0 Å². The molecule has 0 heterocycles. The van der Waals surface area contributed by atoms with Gasteiger partial charge in [-0.3, -0.25) is 0 Å². The van der Waals surface area contributed by atoms with Gasteiger partial charge < -0.3 is 4.84 Å². The lowest BCUT2D eigenvalue weighted by molar-refractivity contribution is 0.0518. The zero-order chi connectivity index (χ0) is 11.2. The Hall–Kier alpha value is -0.510. The van der Waals surface area contributed by atoms with Crippen LogP contribution < -0.4 is 5.48 Å². The van der Waals surface area contributed by atoms with Crippen LogP contribution in [-0.4, -0.2) is 18.9 Å². The summed E-state index contributed by atoms with van der Waals surface area (Å²) in [5, 5.41) is 0. The summed E-state index contributed by atoms with van der Waals surface area (Å²) in [4.78, 5) is 6.42. The van der Waals surface area contributed by atoms with E-state index < -0.39 is 0 Å². The molecule has 0 saturated heterocycles. The maximum atomic E-state index is 5.05. The highest BCUT2D eigenvalue weighted by atomic mass is 32.2. The van der Waals surface area contributed by atoms with Crippen LogP contribution in [0.2, 0.25) is 0 Å². The van der Waals surface area contributed by atoms with Crippen molar-refractivity contribution in [3.8, 4) is 0 Å². The van der Waals surface area contributed by atoms with Crippen LogP contribution in [0.5, 0.6) is 0 Å². The summed E-state index contributed by atoms with van der Waals surface area (Å²) in [6, 6.07) is 11.2. The molecule has 1 aromatic carbocycles. The third kappa shape index (κ3) is 3.24. The van der Waals surface area contributed by atoms with Crippen LogP contribution in [0.4, 0.5) is 0 Å². The first-order valence-corrected chi connectivity index (χ1v) is 6.85. The van der Waals surface area contributed by atoms with Crippen molar-refractivity contribution in [1.29, 1.82) is 0 Å². The monoisotopic (exact) mass is 237 g/mol. The average molecular weight is 237 g/mol. The van der Waals surface area contributed by atoms with E-state index in [4.69, 9.17) is 4.84 Å². The van der Waals surface area contributed by atoms with E-state index in [1.165, 1.54) is 29.9 Å². The normalized spacial score (nSPS) is 24.8. The number of benzene rings is 1. The maximum Gasteiger partial charge on any atom is 0.0572 e. The van der Waals surface area contributed by atoms with Crippen LogP contribution in [0.3, 0.4) is 0 Å². The number of hydrogen-bond donors (Lipinski definition) is 1. The standard InChI is InChI=1S/C13H19NOS/c1-15-14-13-9-5-6-11(13)10-16-12-7-3-2-4-8-12/h2-4,7-8,11,13-14H,5-6,9-10H2,1H3/t11-,13-/m0/s1. The third-order valence-corrected chi connectivity index (χ3v) is 4.34. The molecular weight excluding hydrogens is 218 g/mol. The van der Waals surface area contributed by atoms with Crippen molar-refractivity contribution in [2.75, 3.05) is 12.9 Å². The zero-order valence-electron chi connectivity index (χ0n) is 9.69. The Balaban J connectivity index is 1.81. The van der Waals surface area contributed by atoms with Gasteiger partial charge in [0.15, 0.2) is 0 Å². The first kappa shape index (κ1) is 12.0. The van der Waals surface area contributed by atoms with E-state index in [2.05, 4.69) is 35.8 Å². The maximum absolute atomic E-state index is 5.05. The molecule has 16 heavy (non-hydrogen) atoms. The molecule has 0 aromatic heterocycles. The third-order valence-electron chi connectivity index (χ3n) is 3.14. The summed E-state index contributed by atoms with van der Waals surface area (Å²) in [5.41, 5.74) is 3.12. The summed E-state index contributed by atoms with van der Waals surface area (Å²) in [5.74, 6) is 1.93. The number of nitrogens with one attached hydrogen (secondary N) is 1. The van der Waals surface area contributed by atoms with E-state index >= 15 is 0 Å². The summed E-state index contributed by atoms with van der Waals surface area (Å²) < 4.78 is 0. The molecule has 0 amide bonds. The van der Waals surface area contributed by atoms with E-state index in [-0.39, 0.29) is 0 Å². The van der Waals surface area contributed by atoms with E-state index in [0.717, 1.165) is 5.92 Å². The van der Waals surface area contributed by atoms with Crippen molar-refractivity contribution >= 4 is 11.8 Å². The molecule has 1 fully saturated rings. The van der Waals surface area contributed by atoms with Crippen LogP contribution in [-0.2, 0) is 4.84 Å². The second-order valence-corrected chi connectivity index (χ2v) is 5.34. The molecule has 2 rings (SSSR count). The minimum Gasteiger partial charge on any atom is -0.305 e. The molecule has 1 N–H and O–H groups in total. The fourth-order valence-electron chi connectivity index (χ4n) is 2.26. The van der Waals surface area contributed by atoms with Gasteiger partial charge in [-0.25, -0.2) is 0 Å². The predicted molar refractivity (Wildman–Crippen MR) is 68.4 cm³/mol. The molecule has 1 aromatic rings. The Kier molecular flexibility index (Phi) is 4.69. The van der Waals surface area contributed by atoms with Gasteiger partial charge in [-0.1, -0.05) is 24.6 Å². The zero-order valence-corrected chi connectivity index (χ0v) is 10.5. The molecule has 1 aliphatic carbocycles. The van der Waals surface area contributed by atoms with Crippen LogP contribution in [0.25, 0.3) is 0 Å². The molecule has 0 bridgehead atoms. The molecule has 2 atom stereocenters. The first-order chi connectivity index (χ1) is 7.90. The van der Waals surface area contributed by atoms with Gasteiger partial charge in [0.1, 0.15) is 0 Å². The smallest absolute Gasteiger partial charge is 0.0572 e. The van der Waals surface area contributed by atoms with Crippen LogP contribution in [0.1, 0.15) is 19.3 Å². The molecule has 0 unspecified atom stereocenters. The fraction of sp³-hybridized carbons (Fsp3) is 0.538. The molecular formula is C13H19NOS. The highest BCUT2D eigenvalue weighted by Crippen LogP contribution is 2.31. The van der Waals surface area contributed by atoms with Gasteiger partial charge in [0, 0.05) is 16.7 Å². The van der Waals surface area contributed by atoms with Gasteiger partial charge in [-0.2, -0.15) is 5.48 Å². The molecule has 1 saturated carbocycles. The molecule has 1 aliphatic rings. The Morgan fingerprint density at radius 1 is 1.31 bits per heavy atom. The summed E-state index contributed by atoms with van der Waals surface area (Å²) >= 11 is 1.95. The SMILES string of the molecule is CON[C@H]1CCC[C@H]1CSc1ccccc1. The Labute approximate surface area is 102 Å². The topological polar surface area (TPSA) is 21.3 Å². The molecule has 2 nitrogen and oxygen atoms in total. The first-order valence-electron chi connectivity index (χ1n) is 5.86. The summed E-state index contributed by atoms with van der Waals surface area (Å²) in [6.45, 7) is 0. The molecule has 0 spiro atoms. The van der Waals surface area contributed by atoms with E-state index in [1.54, 1.807) is 7.11 Å². The molecule has 0 aliphatic heterocycles. The minimum atomic E-state index is 0.543. The van der Waals surface area contributed by atoms with Crippen molar-refractivity contribution in [2.45, 2.75) is 30.2 Å². The van der Waals surface area contributed by atoms with Gasteiger partial charge in [-0.05, 0) is 30.9 Å². The highest BCUT2D eigenvalue weighted by molar-refractivity contribution is 7.99. The second kappa shape index (κ2) is 6.28. The lowest BCUT2D eigenvalue weighted by Crippen LogP contribution is -2.32. The van der Waals surface area contributed by atoms with Crippen LogP contribution >= 0.6 is 11.8 Å². The Morgan fingerprint density at radius 2 is 2.12 bits per heavy atom. The number of thioether (sulfide) groups is 1. The number of hydrogen-bond acceptors (Lipinski definition) is 3. The Morgan fingerprint density at radius 3 is 2.88 bits per heavy atom. The van der Waals surface area contributed by atoms with E-state index in [0.29, 0.717) is 6.04 Å². The summed E-state index contributed by atoms with van der Waals surface area (Å²) in [6.07, 6.45) is 3.88. The van der Waals surface area contributed by atoms with Crippen molar-refractivity contribution in [1.82, 2.24) is 5.48 Å². The largest absolute Gasteiger partial charge is 0.305 e. The molecule has 88 valence electrons. The number of hydroxylamine groups is 1. The quantitative estimate of drug-likeness (QED) is 0.628. The lowest BCUT2D eigenvalue weighted by Gasteiger charge is -2.19. The molecule has 3 heteroatoms. The van der Waals surface area contributed by atoms with E-state index in [9.17, 15) is 0 Å². The van der Waals surface area contributed by atoms with Crippen molar-refractivity contribution in [3.63, 3.8) is 0 Å². The second-order valence-electron chi connectivity index (χ2n) is 4.24. The van der Waals surface area contributed by atoms with Gasteiger partial charge in [-0.15, -0.1) is 11.8 Å². The average Bonchev–Trinajstić information content (AvgIpc) is 2.76. The van der Waals surface area contributed by atoms with Gasteiger partial charge in [0.25, 0.3) is 0 Å². The highest BCUT2D eigenvalue weighted by Gasteiger charge is 2.26. The predicted octanol–water partition coefficient (Wildman–Crippen LogP) is 3.10.